The van der Waals surface area contributed by atoms with Gasteiger partial charge in [-0.2, -0.15) is 0 Å². The molecule has 0 bridgehead atoms. The predicted octanol–water partition coefficient (Wildman–Crippen LogP) is 9.79. The van der Waals surface area contributed by atoms with Crippen molar-refractivity contribution < 1.29 is 9.53 Å². The van der Waals surface area contributed by atoms with Crippen LogP contribution in [-0.4, -0.2) is 12.6 Å². The van der Waals surface area contributed by atoms with Gasteiger partial charge in [-0.1, -0.05) is 110 Å². The standard InChI is InChI=1S/C31H56O2/c1-3-5-7-8-9-14-21-30(24-19-28(20-25-30)27-17-12-10-13-18-27)31(22-15-11-16-23-31)29(32)33-26-6-4-2/h27-28H,3-26H2,1-2H3. The summed E-state index contributed by atoms with van der Waals surface area (Å²) in [5.74, 6) is 2.11. The van der Waals surface area contributed by atoms with Gasteiger partial charge < -0.3 is 4.74 Å². The highest BCUT2D eigenvalue weighted by molar-refractivity contribution is 5.78. The molecule has 3 fully saturated rings. The van der Waals surface area contributed by atoms with Crippen LogP contribution in [-0.2, 0) is 9.53 Å². The molecule has 3 aliphatic rings. The zero-order valence-electron chi connectivity index (χ0n) is 22.4. The first-order chi connectivity index (χ1) is 16.2. The van der Waals surface area contributed by atoms with Crippen LogP contribution < -0.4 is 0 Å². The maximum Gasteiger partial charge on any atom is 0.312 e. The van der Waals surface area contributed by atoms with E-state index in [4.69, 9.17) is 4.74 Å². The summed E-state index contributed by atoms with van der Waals surface area (Å²) in [5.41, 5.74) is 0.0343. The molecule has 3 aliphatic carbocycles. The fourth-order valence-corrected chi connectivity index (χ4v) is 8.03. The number of carbonyl (C=O) groups is 1. The average molecular weight is 461 g/mol. The smallest absolute Gasteiger partial charge is 0.312 e. The van der Waals surface area contributed by atoms with E-state index in [-0.39, 0.29) is 16.8 Å². The lowest BCUT2D eigenvalue weighted by Gasteiger charge is -2.55. The van der Waals surface area contributed by atoms with E-state index in [1.165, 1.54) is 122 Å². The van der Waals surface area contributed by atoms with E-state index in [1.54, 1.807) is 0 Å². The zero-order chi connectivity index (χ0) is 23.4. The van der Waals surface area contributed by atoms with Crippen LogP contribution in [0.15, 0.2) is 0 Å². The Kier molecular flexibility index (Phi) is 11.6. The summed E-state index contributed by atoms with van der Waals surface area (Å²) in [5, 5.41) is 0. The summed E-state index contributed by atoms with van der Waals surface area (Å²) in [6.07, 6.45) is 30.2. The van der Waals surface area contributed by atoms with Gasteiger partial charge in [-0.05, 0) is 68.6 Å². The summed E-state index contributed by atoms with van der Waals surface area (Å²) >= 11 is 0. The Morgan fingerprint density at radius 1 is 0.667 bits per heavy atom. The van der Waals surface area contributed by atoms with Gasteiger partial charge >= 0.3 is 5.97 Å². The fraction of sp³-hybridized carbons (Fsp3) is 0.968. The Bertz CT molecular complexity index is 533. The van der Waals surface area contributed by atoms with Crippen LogP contribution in [0.4, 0.5) is 0 Å². The van der Waals surface area contributed by atoms with Crippen molar-refractivity contribution in [2.45, 2.75) is 162 Å². The Hall–Kier alpha value is -0.530. The number of hydrogen-bond donors (Lipinski definition) is 0. The van der Waals surface area contributed by atoms with Crippen LogP contribution >= 0.6 is 0 Å². The van der Waals surface area contributed by atoms with Crippen LogP contribution in [0.2, 0.25) is 0 Å². The molecule has 0 heterocycles. The van der Waals surface area contributed by atoms with Crippen molar-refractivity contribution in [2.24, 2.45) is 22.7 Å². The molecule has 0 N–H and O–H groups in total. The first-order valence-electron chi connectivity index (χ1n) is 15.3. The van der Waals surface area contributed by atoms with E-state index >= 15 is 0 Å². The molecule has 0 saturated heterocycles. The maximum absolute atomic E-state index is 13.8. The van der Waals surface area contributed by atoms with Gasteiger partial charge in [-0.3, -0.25) is 4.79 Å². The highest BCUT2D eigenvalue weighted by atomic mass is 16.5. The van der Waals surface area contributed by atoms with Gasteiger partial charge in [-0.15, -0.1) is 0 Å². The summed E-state index contributed by atoms with van der Waals surface area (Å²) in [6.45, 7) is 5.13. The molecule has 0 atom stereocenters. The monoisotopic (exact) mass is 460 g/mol. The molecule has 3 saturated carbocycles. The number of ether oxygens (including phenoxy) is 1. The lowest BCUT2D eigenvalue weighted by Crippen LogP contribution is -2.52. The van der Waals surface area contributed by atoms with Crippen LogP contribution in [0, 0.1) is 22.7 Å². The minimum absolute atomic E-state index is 0.181. The predicted molar refractivity (Wildman–Crippen MR) is 140 cm³/mol. The van der Waals surface area contributed by atoms with Gasteiger partial charge in [0, 0.05) is 0 Å². The quantitative estimate of drug-likeness (QED) is 0.202. The number of esters is 1. The summed E-state index contributed by atoms with van der Waals surface area (Å²) in [7, 11) is 0. The largest absolute Gasteiger partial charge is 0.465 e. The molecule has 2 nitrogen and oxygen atoms in total. The molecular weight excluding hydrogens is 404 g/mol. The second-order valence-corrected chi connectivity index (χ2v) is 12.2. The molecule has 2 heteroatoms. The normalized spacial score (nSPS) is 28.5. The summed E-state index contributed by atoms with van der Waals surface area (Å²) in [6, 6.07) is 0. The van der Waals surface area contributed by atoms with E-state index in [0.717, 1.165) is 37.5 Å². The van der Waals surface area contributed by atoms with E-state index < -0.39 is 0 Å². The average Bonchev–Trinajstić information content (AvgIpc) is 2.87. The van der Waals surface area contributed by atoms with Crippen molar-refractivity contribution in [3.63, 3.8) is 0 Å². The summed E-state index contributed by atoms with van der Waals surface area (Å²) in [4.78, 5) is 13.8. The van der Waals surface area contributed by atoms with Crippen molar-refractivity contribution in [1.82, 2.24) is 0 Å². The minimum Gasteiger partial charge on any atom is -0.465 e. The van der Waals surface area contributed by atoms with Crippen molar-refractivity contribution >= 4 is 5.97 Å². The molecule has 0 aromatic rings. The van der Waals surface area contributed by atoms with Crippen molar-refractivity contribution in [3.05, 3.63) is 0 Å². The SMILES string of the molecule is CCCCCCCCC1(C2(C(=O)OCCCC)CCCCC2)CCC(C2CCCCC2)CC1. The fourth-order valence-electron chi connectivity index (χ4n) is 8.03. The maximum atomic E-state index is 13.8. The summed E-state index contributed by atoms with van der Waals surface area (Å²) < 4.78 is 6.07. The molecular formula is C31H56O2. The van der Waals surface area contributed by atoms with Gasteiger partial charge in [0.05, 0.1) is 12.0 Å². The minimum atomic E-state index is -0.181. The zero-order valence-corrected chi connectivity index (χ0v) is 22.4. The van der Waals surface area contributed by atoms with Crippen LogP contribution in [0.3, 0.4) is 0 Å². The molecule has 0 spiro atoms. The second-order valence-electron chi connectivity index (χ2n) is 12.2. The molecule has 0 aliphatic heterocycles. The van der Waals surface area contributed by atoms with Gasteiger partial charge in [0.25, 0.3) is 0 Å². The number of rotatable bonds is 13. The third kappa shape index (κ3) is 7.00. The molecule has 3 rings (SSSR count). The van der Waals surface area contributed by atoms with Gasteiger partial charge in [0.2, 0.25) is 0 Å². The van der Waals surface area contributed by atoms with Gasteiger partial charge in [0.15, 0.2) is 0 Å². The molecule has 192 valence electrons. The Labute approximate surface area is 206 Å². The van der Waals surface area contributed by atoms with Crippen molar-refractivity contribution in [2.75, 3.05) is 6.61 Å². The van der Waals surface area contributed by atoms with Gasteiger partial charge in [-0.25, -0.2) is 0 Å². The van der Waals surface area contributed by atoms with E-state index in [9.17, 15) is 4.79 Å². The van der Waals surface area contributed by atoms with Gasteiger partial charge in [0.1, 0.15) is 0 Å². The Balaban J connectivity index is 1.73. The molecule has 0 amide bonds. The lowest BCUT2D eigenvalue weighted by molar-refractivity contribution is -0.175. The third-order valence-corrected chi connectivity index (χ3v) is 10.2. The molecule has 0 aromatic heterocycles. The van der Waals surface area contributed by atoms with Crippen molar-refractivity contribution in [1.29, 1.82) is 0 Å². The Morgan fingerprint density at radius 3 is 1.91 bits per heavy atom. The molecule has 0 radical (unpaired) electrons. The van der Waals surface area contributed by atoms with Crippen LogP contribution in [0.5, 0.6) is 0 Å². The topological polar surface area (TPSA) is 26.3 Å². The third-order valence-electron chi connectivity index (χ3n) is 10.2. The van der Waals surface area contributed by atoms with Crippen LogP contribution in [0.1, 0.15) is 162 Å². The molecule has 0 aromatic carbocycles. The lowest BCUT2D eigenvalue weighted by atomic mass is 9.49. The van der Waals surface area contributed by atoms with E-state index in [0.29, 0.717) is 6.61 Å². The first-order valence-corrected chi connectivity index (χ1v) is 15.3. The highest BCUT2D eigenvalue weighted by Gasteiger charge is 2.57. The molecule has 33 heavy (non-hydrogen) atoms. The Morgan fingerprint density at radius 2 is 1.24 bits per heavy atom. The number of carbonyl (C=O) groups excluding carboxylic acids is 1. The van der Waals surface area contributed by atoms with Crippen molar-refractivity contribution in [3.8, 4) is 0 Å². The molecule has 0 unspecified atom stereocenters. The second kappa shape index (κ2) is 14.1. The first kappa shape index (κ1) is 27.1. The number of hydrogen-bond acceptors (Lipinski definition) is 2. The highest BCUT2D eigenvalue weighted by Crippen LogP contribution is 2.61. The number of unbranched alkanes of at least 4 members (excludes halogenated alkanes) is 6. The van der Waals surface area contributed by atoms with E-state index in [1.807, 2.05) is 0 Å². The van der Waals surface area contributed by atoms with E-state index in [2.05, 4.69) is 13.8 Å². The van der Waals surface area contributed by atoms with Crippen LogP contribution in [0.25, 0.3) is 0 Å².